The average molecular weight is 383 g/mol. The topological polar surface area (TPSA) is 44.5 Å². The van der Waals surface area contributed by atoms with Crippen LogP contribution in [-0.2, 0) is 0 Å². The van der Waals surface area contributed by atoms with Gasteiger partial charge in [-0.2, -0.15) is 0 Å². The lowest BCUT2D eigenvalue weighted by Crippen LogP contribution is -2.15. The van der Waals surface area contributed by atoms with E-state index in [9.17, 15) is 0 Å². The summed E-state index contributed by atoms with van der Waals surface area (Å²) in [5, 5.41) is 0. The average Bonchev–Trinajstić information content (AvgIpc) is 2.48. The van der Waals surface area contributed by atoms with Crippen LogP contribution < -0.4 is 15.2 Å². The molecule has 1 atom stereocenters. The molecule has 0 fully saturated rings. The Morgan fingerprint density at radius 3 is 2.45 bits per heavy atom. The summed E-state index contributed by atoms with van der Waals surface area (Å²) in [6, 6.07) is 11.7. The number of nitrogens with two attached hydrogens (primary N) is 1. The van der Waals surface area contributed by atoms with Crippen molar-refractivity contribution in [2.75, 3.05) is 14.2 Å². The van der Waals surface area contributed by atoms with Gasteiger partial charge in [-0.25, -0.2) is 0 Å². The third-order valence-electron chi connectivity index (χ3n) is 3.33. The van der Waals surface area contributed by atoms with E-state index in [2.05, 4.69) is 41.6 Å². The lowest BCUT2D eigenvalue weighted by molar-refractivity contribution is 0.390. The Morgan fingerprint density at radius 1 is 1.05 bits per heavy atom. The summed E-state index contributed by atoms with van der Waals surface area (Å²) in [5.41, 5.74) is 9.72. The van der Waals surface area contributed by atoms with Crippen LogP contribution in [0.5, 0.6) is 11.5 Å². The third kappa shape index (κ3) is 2.91. The van der Waals surface area contributed by atoms with Crippen LogP contribution in [0.2, 0.25) is 0 Å². The fraction of sp³-hybridized carbons (Fsp3) is 0.250. The second-order valence-electron chi connectivity index (χ2n) is 4.56. The Kier molecular flexibility index (Phi) is 4.88. The van der Waals surface area contributed by atoms with Gasteiger partial charge in [0.1, 0.15) is 11.5 Å². The monoisotopic (exact) mass is 383 g/mol. The van der Waals surface area contributed by atoms with Crippen LogP contribution in [0, 0.1) is 10.5 Å². The lowest BCUT2D eigenvalue weighted by Gasteiger charge is -2.19. The first-order valence-corrected chi connectivity index (χ1v) is 7.39. The number of benzene rings is 2. The number of hydrogen-bond acceptors (Lipinski definition) is 3. The molecule has 20 heavy (non-hydrogen) atoms. The van der Waals surface area contributed by atoms with Crippen LogP contribution in [-0.4, -0.2) is 14.2 Å². The van der Waals surface area contributed by atoms with Crippen molar-refractivity contribution in [1.82, 2.24) is 0 Å². The molecule has 0 aromatic heterocycles. The molecule has 2 aromatic rings. The summed E-state index contributed by atoms with van der Waals surface area (Å²) < 4.78 is 11.8. The standard InChI is InChI=1S/C16H18INO2/c1-10-5-4-6-13(15(10)17)16(18)12-8-7-11(19-2)9-14(12)20-3/h4-9,16H,18H2,1-3H3. The molecule has 0 saturated carbocycles. The van der Waals surface area contributed by atoms with Gasteiger partial charge in [0, 0.05) is 15.2 Å². The van der Waals surface area contributed by atoms with E-state index < -0.39 is 0 Å². The van der Waals surface area contributed by atoms with E-state index in [4.69, 9.17) is 15.2 Å². The van der Waals surface area contributed by atoms with Crippen molar-refractivity contribution in [3.8, 4) is 11.5 Å². The molecule has 1 unspecified atom stereocenters. The van der Waals surface area contributed by atoms with Crippen molar-refractivity contribution in [2.24, 2.45) is 5.73 Å². The minimum atomic E-state index is -0.220. The van der Waals surface area contributed by atoms with E-state index >= 15 is 0 Å². The summed E-state index contributed by atoms with van der Waals surface area (Å²) in [6.45, 7) is 2.09. The van der Waals surface area contributed by atoms with Gasteiger partial charge in [-0.05, 0) is 52.8 Å². The molecule has 3 nitrogen and oxygen atoms in total. The molecule has 0 aliphatic heterocycles. The SMILES string of the molecule is COc1ccc(C(N)c2cccc(C)c2I)c(OC)c1. The van der Waals surface area contributed by atoms with Gasteiger partial charge in [0.25, 0.3) is 0 Å². The van der Waals surface area contributed by atoms with E-state index in [1.807, 2.05) is 24.3 Å². The Balaban J connectivity index is 2.47. The zero-order valence-electron chi connectivity index (χ0n) is 11.8. The highest BCUT2D eigenvalue weighted by atomic mass is 127. The summed E-state index contributed by atoms with van der Waals surface area (Å²) in [4.78, 5) is 0. The molecule has 0 spiro atoms. The molecule has 4 heteroatoms. The molecule has 0 aliphatic carbocycles. The van der Waals surface area contributed by atoms with Crippen LogP contribution in [0.15, 0.2) is 36.4 Å². The Morgan fingerprint density at radius 2 is 1.80 bits per heavy atom. The van der Waals surface area contributed by atoms with Crippen molar-refractivity contribution in [3.05, 3.63) is 56.7 Å². The number of aryl methyl sites for hydroxylation is 1. The molecule has 0 radical (unpaired) electrons. The molecule has 2 rings (SSSR count). The number of rotatable bonds is 4. The summed E-state index contributed by atoms with van der Waals surface area (Å²) in [7, 11) is 3.28. The maximum atomic E-state index is 6.43. The number of hydrogen-bond donors (Lipinski definition) is 1. The highest BCUT2D eigenvalue weighted by molar-refractivity contribution is 14.1. The lowest BCUT2D eigenvalue weighted by atomic mass is 9.97. The van der Waals surface area contributed by atoms with Gasteiger partial charge >= 0.3 is 0 Å². The molecule has 2 N–H and O–H groups in total. The molecule has 0 heterocycles. The number of halogens is 1. The van der Waals surface area contributed by atoms with Crippen LogP contribution in [0.4, 0.5) is 0 Å². The fourth-order valence-corrected chi connectivity index (χ4v) is 2.85. The van der Waals surface area contributed by atoms with Gasteiger partial charge in [0.05, 0.1) is 20.3 Å². The molecular formula is C16H18INO2. The molecular weight excluding hydrogens is 365 g/mol. The maximum absolute atomic E-state index is 6.43. The second kappa shape index (κ2) is 6.45. The van der Waals surface area contributed by atoms with E-state index in [1.54, 1.807) is 14.2 Å². The van der Waals surface area contributed by atoms with Crippen LogP contribution in [0.1, 0.15) is 22.7 Å². The van der Waals surface area contributed by atoms with E-state index in [0.29, 0.717) is 0 Å². The second-order valence-corrected chi connectivity index (χ2v) is 5.64. The number of ether oxygens (including phenoxy) is 2. The first-order chi connectivity index (χ1) is 9.58. The van der Waals surface area contributed by atoms with E-state index in [-0.39, 0.29) is 6.04 Å². The zero-order valence-corrected chi connectivity index (χ0v) is 14.0. The highest BCUT2D eigenvalue weighted by Gasteiger charge is 2.17. The van der Waals surface area contributed by atoms with Gasteiger partial charge in [-0.15, -0.1) is 0 Å². The van der Waals surface area contributed by atoms with Gasteiger partial charge in [0.2, 0.25) is 0 Å². The summed E-state index contributed by atoms with van der Waals surface area (Å²) >= 11 is 2.34. The summed E-state index contributed by atoms with van der Waals surface area (Å²) in [5.74, 6) is 1.51. The molecule has 0 bridgehead atoms. The first-order valence-electron chi connectivity index (χ1n) is 6.31. The van der Waals surface area contributed by atoms with Crippen LogP contribution >= 0.6 is 22.6 Å². The van der Waals surface area contributed by atoms with Crippen molar-refractivity contribution in [1.29, 1.82) is 0 Å². The fourth-order valence-electron chi connectivity index (χ4n) is 2.15. The van der Waals surface area contributed by atoms with Crippen molar-refractivity contribution in [3.63, 3.8) is 0 Å². The predicted octanol–water partition coefficient (Wildman–Crippen LogP) is 3.66. The number of methoxy groups -OCH3 is 2. The molecule has 2 aromatic carbocycles. The molecule has 0 aliphatic rings. The van der Waals surface area contributed by atoms with Gasteiger partial charge in [-0.1, -0.05) is 18.2 Å². The minimum Gasteiger partial charge on any atom is -0.497 e. The Labute approximate surface area is 133 Å². The van der Waals surface area contributed by atoms with E-state index in [0.717, 1.165) is 22.6 Å². The maximum Gasteiger partial charge on any atom is 0.127 e. The molecule has 0 amide bonds. The van der Waals surface area contributed by atoms with Gasteiger partial charge in [0.15, 0.2) is 0 Å². The zero-order chi connectivity index (χ0) is 14.7. The molecule has 106 valence electrons. The summed E-state index contributed by atoms with van der Waals surface area (Å²) in [6.07, 6.45) is 0. The largest absolute Gasteiger partial charge is 0.497 e. The van der Waals surface area contributed by atoms with Crippen molar-refractivity contribution >= 4 is 22.6 Å². The Bertz CT molecular complexity index is 613. The smallest absolute Gasteiger partial charge is 0.127 e. The van der Waals surface area contributed by atoms with Gasteiger partial charge in [-0.3, -0.25) is 0 Å². The van der Waals surface area contributed by atoms with Gasteiger partial charge < -0.3 is 15.2 Å². The third-order valence-corrected chi connectivity index (χ3v) is 4.81. The molecule has 0 saturated heterocycles. The van der Waals surface area contributed by atoms with Crippen LogP contribution in [0.25, 0.3) is 0 Å². The van der Waals surface area contributed by atoms with Crippen molar-refractivity contribution < 1.29 is 9.47 Å². The Hall–Kier alpha value is -1.27. The normalized spacial score (nSPS) is 12.1. The van der Waals surface area contributed by atoms with Crippen LogP contribution in [0.3, 0.4) is 0 Å². The van der Waals surface area contributed by atoms with E-state index in [1.165, 1.54) is 9.13 Å². The predicted molar refractivity (Wildman–Crippen MR) is 89.5 cm³/mol. The van der Waals surface area contributed by atoms with Crippen molar-refractivity contribution in [2.45, 2.75) is 13.0 Å². The minimum absolute atomic E-state index is 0.220. The first kappa shape index (κ1) is 15.1. The highest BCUT2D eigenvalue weighted by Crippen LogP contribution is 2.33. The quantitative estimate of drug-likeness (QED) is 0.820.